The van der Waals surface area contributed by atoms with Crippen molar-refractivity contribution in [3.8, 4) is 5.69 Å². The topological polar surface area (TPSA) is 77.4 Å². The summed E-state index contributed by atoms with van der Waals surface area (Å²) in [7, 11) is 1.64. The van der Waals surface area contributed by atoms with Crippen molar-refractivity contribution in [2.75, 3.05) is 25.6 Å². The van der Waals surface area contributed by atoms with E-state index in [0.717, 1.165) is 22.5 Å². The highest BCUT2D eigenvalue weighted by molar-refractivity contribution is 5.89. The molecule has 0 saturated carbocycles. The molecule has 0 aliphatic heterocycles. The minimum Gasteiger partial charge on any atom is -0.382 e. The lowest BCUT2D eigenvalue weighted by Gasteiger charge is -2.10. The van der Waals surface area contributed by atoms with Crippen LogP contribution in [0.2, 0.25) is 0 Å². The zero-order chi connectivity index (χ0) is 19.6. The number of nitrogens with one attached hydrogen (secondary N) is 2. The maximum Gasteiger partial charge on any atom is 0.319 e. The first-order valence-corrected chi connectivity index (χ1v) is 9.04. The first-order valence-electron chi connectivity index (χ1n) is 9.04. The van der Waals surface area contributed by atoms with Crippen molar-refractivity contribution in [1.29, 1.82) is 0 Å². The van der Waals surface area contributed by atoms with Crippen LogP contribution in [0.4, 0.5) is 10.5 Å². The van der Waals surface area contributed by atoms with Gasteiger partial charge < -0.3 is 20.1 Å². The van der Waals surface area contributed by atoms with E-state index < -0.39 is 0 Å². The van der Waals surface area contributed by atoms with Gasteiger partial charge in [0.05, 0.1) is 25.5 Å². The third-order valence-electron chi connectivity index (χ3n) is 4.04. The number of anilines is 1. The van der Waals surface area contributed by atoms with Crippen molar-refractivity contribution < 1.29 is 14.3 Å². The molecule has 0 fully saturated rings. The quantitative estimate of drug-likeness (QED) is 0.558. The SMILES string of the molecule is COCCOCc1cccc(NC(=O)NCc2ccc(-n3cccn3)cc2)c1. The van der Waals surface area contributed by atoms with Crippen molar-refractivity contribution >= 4 is 11.7 Å². The third kappa shape index (κ3) is 5.94. The average molecular weight is 380 g/mol. The fourth-order valence-electron chi connectivity index (χ4n) is 2.62. The summed E-state index contributed by atoms with van der Waals surface area (Å²) in [5.41, 5.74) is 3.69. The van der Waals surface area contributed by atoms with Crippen molar-refractivity contribution in [1.82, 2.24) is 15.1 Å². The molecule has 3 aromatic rings. The highest BCUT2D eigenvalue weighted by Gasteiger charge is 2.04. The van der Waals surface area contributed by atoms with Crippen LogP contribution >= 0.6 is 0 Å². The van der Waals surface area contributed by atoms with Crippen LogP contribution in [0.3, 0.4) is 0 Å². The van der Waals surface area contributed by atoms with Crippen molar-refractivity contribution in [2.24, 2.45) is 0 Å². The van der Waals surface area contributed by atoms with Gasteiger partial charge in [0, 0.05) is 31.7 Å². The highest BCUT2D eigenvalue weighted by atomic mass is 16.5. The molecule has 0 aliphatic carbocycles. The number of carbonyl (C=O) groups excluding carboxylic acids is 1. The Hall–Kier alpha value is -3.16. The molecule has 2 aromatic carbocycles. The number of nitrogens with zero attached hydrogens (tertiary/aromatic N) is 2. The van der Waals surface area contributed by atoms with Crippen molar-refractivity contribution in [3.63, 3.8) is 0 Å². The zero-order valence-corrected chi connectivity index (χ0v) is 15.8. The predicted octanol–water partition coefficient (Wildman–Crippen LogP) is 3.36. The molecule has 1 heterocycles. The largest absolute Gasteiger partial charge is 0.382 e. The van der Waals surface area contributed by atoms with Gasteiger partial charge in [-0.25, -0.2) is 9.48 Å². The summed E-state index contributed by atoms with van der Waals surface area (Å²) in [6.07, 6.45) is 3.62. The van der Waals surface area contributed by atoms with Gasteiger partial charge in [-0.3, -0.25) is 0 Å². The lowest BCUT2D eigenvalue weighted by atomic mass is 10.2. The summed E-state index contributed by atoms with van der Waals surface area (Å²) >= 11 is 0. The Balaban J connectivity index is 1.46. The second-order valence-corrected chi connectivity index (χ2v) is 6.17. The molecule has 0 radical (unpaired) electrons. The molecule has 1 aromatic heterocycles. The van der Waals surface area contributed by atoms with Crippen molar-refractivity contribution in [2.45, 2.75) is 13.2 Å². The molecule has 0 saturated heterocycles. The summed E-state index contributed by atoms with van der Waals surface area (Å²) in [6, 6.07) is 17.1. The number of carbonyl (C=O) groups is 1. The number of amides is 2. The number of hydrogen-bond acceptors (Lipinski definition) is 4. The molecule has 2 N–H and O–H groups in total. The van der Waals surface area contributed by atoms with E-state index in [0.29, 0.717) is 26.4 Å². The Morgan fingerprint density at radius 2 is 1.93 bits per heavy atom. The molecule has 7 heteroatoms. The Labute approximate surface area is 164 Å². The number of aromatic nitrogens is 2. The first kappa shape index (κ1) is 19.6. The fourth-order valence-corrected chi connectivity index (χ4v) is 2.62. The highest BCUT2D eigenvalue weighted by Crippen LogP contribution is 2.12. The van der Waals surface area contributed by atoms with Gasteiger partial charge in [0.15, 0.2) is 0 Å². The molecular weight excluding hydrogens is 356 g/mol. The lowest BCUT2D eigenvalue weighted by Crippen LogP contribution is -2.28. The van der Waals surface area contributed by atoms with Gasteiger partial charge in [-0.1, -0.05) is 24.3 Å². The van der Waals surface area contributed by atoms with E-state index >= 15 is 0 Å². The summed E-state index contributed by atoms with van der Waals surface area (Å²) in [6.45, 7) is 2.01. The summed E-state index contributed by atoms with van der Waals surface area (Å²) < 4.78 is 12.2. The number of ether oxygens (including phenoxy) is 2. The fraction of sp³-hybridized carbons (Fsp3) is 0.238. The van der Waals surface area contributed by atoms with Gasteiger partial charge in [-0.15, -0.1) is 0 Å². The monoisotopic (exact) mass is 380 g/mol. The van der Waals surface area contributed by atoms with Crippen LogP contribution in [0, 0.1) is 0 Å². The Bertz CT molecular complexity index is 864. The molecule has 146 valence electrons. The summed E-state index contributed by atoms with van der Waals surface area (Å²) in [5.74, 6) is 0. The molecule has 0 spiro atoms. The molecule has 0 atom stereocenters. The lowest BCUT2D eigenvalue weighted by molar-refractivity contribution is 0.0617. The molecular formula is C21H24N4O3. The number of urea groups is 1. The van der Waals surface area contributed by atoms with Crippen LogP contribution in [-0.2, 0) is 22.6 Å². The number of rotatable bonds is 9. The maximum atomic E-state index is 12.2. The Morgan fingerprint density at radius 1 is 1.07 bits per heavy atom. The Morgan fingerprint density at radius 3 is 2.68 bits per heavy atom. The molecule has 0 unspecified atom stereocenters. The van der Waals surface area contributed by atoms with E-state index in [4.69, 9.17) is 9.47 Å². The summed E-state index contributed by atoms with van der Waals surface area (Å²) in [4.78, 5) is 12.2. The normalized spacial score (nSPS) is 10.6. The van der Waals surface area contributed by atoms with E-state index in [-0.39, 0.29) is 6.03 Å². The number of hydrogen-bond donors (Lipinski definition) is 2. The number of methoxy groups -OCH3 is 1. The molecule has 0 aliphatic rings. The van der Waals surface area contributed by atoms with Crippen LogP contribution in [0.1, 0.15) is 11.1 Å². The smallest absolute Gasteiger partial charge is 0.319 e. The zero-order valence-electron chi connectivity index (χ0n) is 15.8. The second-order valence-electron chi connectivity index (χ2n) is 6.17. The van der Waals surface area contributed by atoms with Crippen LogP contribution < -0.4 is 10.6 Å². The van der Waals surface area contributed by atoms with Gasteiger partial charge in [-0.2, -0.15) is 5.10 Å². The number of benzene rings is 2. The standard InChI is InChI=1S/C21H24N4O3/c1-27-12-13-28-16-18-4-2-5-19(14-18)24-21(26)22-15-17-6-8-20(9-7-17)25-11-3-10-23-25/h2-11,14H,12-13,15-16H2,1H3,(H2,22,24,26). The van der Waals surface area contributed by atoms with Crippen LogP contribution in [0.5, 0.6) is 0 Å². The van der Waals surface area contributed by atoms with E-state index in [1.165, 1.54) is 0 Å². The second kappa shape index (κ2) is 10.2. The minimum absolute atomic E-state index is 0.256. The Kier molecular flexibility index (Phi) is 7.17. The molecule has 28 heavy (non-hydrogen) atoms. The van der Waals surface area contributed by atoms with Gasteiger partial charge in [0.25, 0.3) is 0 Å². The minimum atomic E-state index is -0.256. The van der Waals surface area contributed by atoms with Gasteiger partial charge in [0.2, 0.25) is 0 Å². The van der Waals surface area contributed by atoms with E-state index in [1.54, 1.807) is 18.0 Å². The first-order chi connectivity index (χ1) is 13.7. The predicted molar refractivity (Wildman–Crippen MR) is 107 cm³/mol. The third-order valence-corrected chi connectivity index (χ3v) is 4.04. The molecule has 7 nitrogen and oxygen atoms in total. The van der Waals surface area contributed by atoms with E-state index in [1.807, 2.05) is 60.8 Å². The van der Waals surface area contributed by atoms with E-state index in [9.17, 15) is 4.79 Å². The van der Waals surface area contributed by atoms with Gasteiger partial charge in [-0.05, 0) is 41.5 Å². The van der Waals surface area contributed by atoms with Crippen LogP contribution in [0.15, 0.2) is 67.0 Å². The van der Waals surface area contributed by atoms with Gasteiger partial charge >= 0.3 is 6.03 Å². The van der Waals surface area contributed by atoms with Crippen LogP contribution in [-0.4, -0.2) is 36.1 Å². The maximum absolute atomic E-state index is 12.2. The molecule has 2 amide bonds. The van der Waals surface area contributed by atoms with Crippen LogP contribution in [0.25, 0.3) is 5.69 Å². The average Bonchev–Trinajstić information content (AvgIpc) is 3.25. The van der Waals surface area contributed by atoms with Crippen molar-refractivity contribution in [3.05, 3.63) is 78.1 Å². The summed E-state index contributed by atoms with van der Waals surface area (Å²) in [5, 5.41) is 9.90. The van der Waals surface area contributed by atoms with Gasteiger partial charge in [0.1, 0.15) is 0 Å². The molecule has 3 rings (SSSR count). The molecule has 0 bridgehead atoms. The van der Waals surface area contributed by atoms with E-state index in [2.05, 4.69) is 15.7 Å².